The van der Waals surface area contributed by atoms with Crippen LogP contribution in [0.25, 0.3) is 0 Å². The van der Waals surface area contributed by atoms with Crippen LogP contribution in [0.15, 0.2) is 0 Å². The Labute approximate surface area is 86.9 Å². The van der Waals surface area contributed by atoms with Crippen molar-refractivity contribution in [2.24, 2.45) is 0 Å². The fourth-order valence-electron chi connectivity index (χ4n) is 0.680. The molecule has 1 unspecified atom stereocenters. The van der Waals surface area contributed by atoms with Gasteiger partial charge in [-0.2, -0.15) is 26.3 Å². The molecule has 0 aromatic carbocycles. The van der Waals surface area contributed by atoms with Crippen molar-refractivity contribution in [1.82, 2.24) is 0 Å². The molecule has 0 bridgehead atoms. The van der Waals surface area contributed by atoms with Crippen LogP contribution >= 0.6 is 0 Å². The minimum Gasteiger partial charge on any atom is -0.388 e. The Balaban J connectivity index is 4.09. The van der Waals surface area contributed by atoms with Crippen LogP contribution in [0.3, 0.4) is 0 Å². The highest BCUT2D eigenvalue weighted by Gasteiger charge is 2.34. The lowest BCUT2D eigenvalue weighted by Gasteiger charge is -2.22. The zero-order valence-electron chi connectivity index (χ0n) is 8.10. The lowest BCUT2D eigenvalue weighted by atomic mass is 10.4. The van der Waals surface area contributed by atoms with Crippen LogP contribution in [0.1, 0.15) is 6.92 Å². The first-order chi connectivity index (χ1) is 7.01. The van der Waals surface area contributed by atoms with Crippen molar-refractivity contribution in [3.05, 3.63) is 0 Å². The zero-order valence-corrected chi connectivity index (χ0v) is 8.10. The van der Waals surface area contributed by atoms with E-state index in [1.165, 1.54) is 0 Å². The number of alkyl halides is 6. The predicted octanol–water partition coefficient (Wildman–Crippen LogP) is 1.85. The summed E-state index contributed by atoms with van der Waals surface area (Å²) in [6.45, 7) is -2.63. The molecule has 0 fully saturated rings. The Morgan fingerprint density at radius 2 is 1.25 bits per heavy atom. The van der Waals surface area contributed by atoms with E-state index in [2.05, 4.69) is 9.47 Å². The van der Waals surface area contributed by atoms with Crippen molar-refractivity contribution >= 4 is 0 Å². The van der Waals surface area contributed by atoms with E-state index in [0.29, 0.717) is 0 Å². The molecule has 0 rings (SSSR count). The Hall–Kier alpha value is -0.540. The molecule has 0 aromatic rings. The van der Waals surface area contributed by atoms with Crippen molar-refractivity contribution in [2.75, 3.05) is 13.2 Å². The van der Waals surface area contributed by atoms with E-state index < -0.39 is 38.0 Å². The fraction of sp³-hybridized carbons (Fsp3) is 1.00. The van der Waals surface area contributed by atoms with Gasteiger partial charge in [-0.25, -0.2) is 0 Å². The van der Waals surface area contributed by atoms with Gasteiger partial charge in [0.15, 0.2) is 6.29 Å². The van der Waals surface area contributed by atoms with E-state index in [0.717, 1.165) is 6.92 Å². The summed E-state index contributed by atoms with van der Waals surface area (Å²) < 4.78 is 77.9. The molecule has 0 heterocycles. The first-order valence-corrected chi connectivity index (χ1v) is 4.06. The zero-order chi connectivity index (χ0) is 13.0. The molecule has 3 nitrogen and oxygen atoms in total. The van der Waals surface area contributed by atoms with Crippen LogP contribution in [0.2, 0.25) is 0 Å². The van der Waals surface area contributed by atoms with Crippen molar-refractivity contribution in [2.45, 2.75) is 31.7 Å². The second-order valence-electron chi connectivity index (χ2n) is 2.96. The van der Waals surface area contributed by atoms with Crippen molar-refractivity contribution in [3.8, 4) is 0 Å². The lowest BCUT2D eigenvalue weighted by molar-refractivity contribution is -0.277. The Morgan fingerprint density at radius 1 is 0.938 bits per heavy atom. The molecule has 0 saturated heterocycles. The molecule has 0 saturated carbocycles. The lowest BCUT2D eigenvalue weighted by Crippen LogP contribution is -2.36. The Kier molecular flexibility index (Phi) is 5.50. The SMILES string of the molecule is CC(O)C(OCC(F)(F)F)OCC(F)(F)F. The van der Waals surface area contributed by atoms with E-state index in [-0.39, 0.29) is 0 Å². The van der Waals surface area contributed by atoms with Crippen LogP contribution < -0.4 is 0 Å². The molecule has 98 valence electrons. The second kappa shape index (κ2) is 5.69. The maximum Gasteiger partial charge on any atom is 0.411 e. The second-order valence-corrected chi connectivity index (χ2v) is 2.96. The average molecular weight is 256 g/mol. The van der Waals surface area contributed by atoms with Crippen LogP contribution in [-0.2, 0) is 9.47 Å². The van der Waals surface area contributed by atoms with E-state index >= 15 is 0 Å². The number of rotatable bonds is 5. The number of aliphatic hydroxyl groups excluding tert-OH is 1. The van der Waals surface area contributed by atoms with Gasteiger partial charge in [0.25, 0.3) is 0 Å². The summed E-state index contributed by atoms with van der Waals surface area (Å²) in [5.41, 5.74) is 0. The third kappa shape index (κ3) is 8.74. The molecule has 1 N–H and O–H groups in total. The van der Waals surface area contributed by atoms with Crippen LogP contribution in [-0.4, -0.2) is 43.1 Å². The molecule has 0 aromatic heterocycles. The summed E-state index contributed by atoms with van der Waals surface area (Å²) in [6.07, 6.45) is -13.0. The molecule has 1 atom stereocenters. The normalized spacial score (nSPS) is 15.6. The minimum absolute atomic E-state index is 0.956. The quantitative estimate of drug-likeness (QED) is 0.602. The van der Waals surface area contributed by atoms with Crippen LogP contribution in [0.4, 0.5) is 26.3 Å². The number of ether oxygens (including phenoxy) is 2. The van der Waals surface area contributed by atoms with Crippen molar-refractivity contribution < 1.29 is 40.9 Å². The van der Waals surface area contributed by atoms with Gasteiger partial charge >= 0.3 is 12.4 Å². The van der Waals surface area contributed by atoms with E-state index in [4.69, 9.17) is 5.11 Å². The van der Waals surface area contributed by atoms with E-state index in [9.17, 15) is 26.3 Å². The summed E-state index contributed by atoms with van der Waals surface area (Å²) in [4.78, 5) is 0. The Morgan fingerprint density at radius 3 is 1.44 bits per heavy atom. The number of aliphatic hydroxyl groups is 1. The topological polar surface area (TPSA) is 38.7 Å². The predicted molar refractivity (Wildman–Crippen MR) is 39.5 cm³/mol. The van der Waals surface area contributed by atoms with Crippen LogP contribution in [0, 0.1) is 0 Å². The van der Waals surface area contributed by atoms with Gasteiger partial charge in [0.1, 0.15) is 19.3 Å². The summed E-state index contributed by atoms with van der Waals surface area (Å²) in [5, 5.41) is 8.82. The molecule has 16 heavy (non-hydrogen) atoms. The molecule has 0 spiro atoms. The maximum atomic E-state index is 11.7. The summed E-state index contributed by atoms with van der Waals surface area (Å²) in [6, 6.07) is 0. The highest BCUT2D eigenvalue weighted by molar-refractivity contribution is 4.57. The summed E-state index contributed by atoms with van der Waals surface area (Å²) >= 11 is 0. The summed E-state index contributed by atoms with van der Waals surface area (Å²) in [7, 11) is 0. The third-order valence-corrected chi connectivity index (χ3v) is 1.22. The molecular formula is C7H10F6O3. The first kappa shape index (κ1) is 15.5. The number of halogens is 6. The monoisotopic (exact) mass is 256 g/mol. The van der Waals surface area contributed by atoms with Gasteiger partial charge in [0, 0.05) is 0 Å². The first-order valence-electron chi connectivity index (χ1n) is 4.06. The molecule has 9 heteroatoms. The smallest absolute Gasteiger partial charge is 0.388 e. The minimum atomic E-state index is -4.70. The van der Waals surface area contributed by atoms with Crippen molar-refractivity contribution in [3.63, 3.8) is 0 Å². The van der Waals surface area contributed by atoms with E-state index in [1.807, 2.05) is 0 Å². The summed E-state index contributed by atoms with van der Waals surface area (Å²) in [5.74, 6) is 0. The average Bonchev–Trinajstić information content (AvgIpc) is 1.98. The van der Waals surface area contributed by atoms with Crippen LogP contribution in [0.5, 0.6) is 0 Å². The Bertz CT molecular complexity index is 181. The highest BCUT2D eigenvalue weighted by Crippen LogP contribution is 2.19. The van der Waals surface area contributed by atoms with Crippen molar-refractivity contribution in [1.29, 1.82) is 0 Å². The molecule has 0 radical (unpaired) electrons. The van der Waals surface area contributed by atoms with E-state index in [1.54, 1.807) is 0 Å². The van der Waals surface area contributed by atoms with Gasteiger partial charge in [0.05, 0.1) is 0 Å². The molecule has 0 amide bonds. The molecule has 0 aliphatic rings. The standard InChI is InChI=1S/C7H10F6O3/c1-4(14)5(15-2-6(8,9)10)16-3-7(11,12)13/h4-5,14H,2-3H2,1H3. The van der Waals surface area contributed by atoms with Gasteiger partial charge in [-0.05, 0) is 6.92 Å². The van der Waals surface area contributed by atoms with Gasteiger partial charge in [0.2, 0.25) is 0 Å². The molecule has 0 aliphatic carbocycles. The number of hydrogen-bond acceptors (Lipinski definition) is 3. The maximum absolute atomic E-state index is 11.7. The van der Waals surface area contributed by atoms with Gasteiger partial charge in [-0.3, -0.25) is 0 Å². The largest absolute Gasteiger partial charge is 0.411 e. The third-order valence-electron chi connectivity index (χ3n) is 1.22. The molecule has 0 aliphatic heterocycles. The fourth-order valence-corrected chi connectivity index (χ4v) is 0.680. The highest BCUT2D eigenvalue weighted by atomic mass is 19.4. The number of hydrogen-bond donors (Lipinski definition) is 1. The van der Waals surface area contributed by atoms with Gasteiger partial charge in [-0.15, -0.1) is 0 Å². The van der Waals surface area contributed by atoms with Gasteiger partial charge in [-0.1, -0.05) is 0 Å². The molecular weight excluding hydrogens is 246 g/mol. The van der Waals surface area contributed by atoms with Gasteiger partial charge < -0.3 is 14.6 Å².